The molecular formula is C14H27O8P. The Morgan fingerprint density at radius 1 is 1.04 bits per heavy atom. The molecule has 9 heteroatoms. The summed E-state index contributed by atoms with van der Waals surface area (Å²) in [7, 11) is -4.68. The highest BCUT2D eigenvalue weighted by Gasteiger charge is 2.22. The zero-order chi connectivity index (χ0) is 17.7. The molecule has 0 saturated carbocycles. The van der Waals surface area contributed by atoms with E-state index in [1.165, 1.54) is 13.3 Å². The highest BCUT2D eigenvalue weighted by atomic mass is 31.2. The van der Waals surface area contributed by atoms with Crippen molar-refractivity contribution in [3.8, 4) is 0 Å². The molecule has 0 aliphatic rings. The van der Waals surface area contributed by atoms with E-state index in [0.717, 1.165) is 25.7 Å². The van der Waals surface area contributed by atoms with E-state index in [-0.39, 0.29) is 13.0 Å². The lowest BCUT2D eigenvalue weighted by Gasteiger charge is -2.18. The second-order valence-electron chi connectivity index (χ2n) is 5.22. The molecule has 136 valence electrons. The van der Waals surface area contributed by atoms with Gasteiger partial charge in [-0.25, -0.2) is 4.57 Å². The van der Waals surface area contributed by atoms with Crippen LogP contribution in [0.2, 0.25) is 0 Å². The van der Waals surface area contributed by atoms with E-state index in [0.29, 0.717) is 6.42 Å². The monoisotopic (exact) mass is 354 g/mol. The third-order valence-electron chi connectivity index (χ3n) is 2.93. The number of hydrogen-bond acceptors (Lipinski definition) is 6. The van der Waals surface area contributed by atoms with E-state index in [9.17, 15) is 14.2 Å². The Bertz CT molecular complexity index is 392. The Morgan fingerprint density at radius 2 is 1.65 bits per heavy atom. The van der Waals surface area contributed by atoms with Crippen LogP contribution >= 0.6 is 7.82 Å². The highest BCUT2D eigenvalue weighted by molar-refractivity contribution is 7.46. The third-order valence-corrected chi connectivity index (χ3v) is 3.42. The SMILES string of the molecule is CCCCCCCCC(=O)OC(COC(C)=O)COP(=O)(O)O. The summed E-state index contributed by atoms with van der Waals surface area (Å²) in [6.45, 7) is 2.46. The number of rotatable bonds is 13. The van der Waals surface area contributed by atoms with Crippen molar-refractivity contribution < 1.29 is 37.9 Å². The first kappa shape index (κ1) is 22.1. The van der Waals surface area contributed by atoms with Crippen LogP contribution in [0.1, 0.15) is 58.8 Å². The predicted molar refractivity (Wildman–Crippen MR) is 82.5 cm³/mol. The second-order valence-corrected chi connectivity index (χ2v) is 6.46. The number of unbranched alkanes of at least 4 members (excludes halogenated alkanes) is 5. The van der Waals surface area contributed by atoms with Gasteiger partial charge in [-0.05, 0) is 6.42 Å². The van der Waals surface area contributed by atoms with Gasteiger partial charge in [0.15, 0.2) is 6.10 Å². The van der Waals surface area contributed by atoms with Crippen LogP contribution in [-0.2, 0) is 28.2 Å². The fourth-order valence-electron chi connectivity index (χ4n) is 1.80. The summed E-state index contributed by atoms with van der Waals surface area (Å²) in [6, 6.07) is 0. The van der Waals surface area contributed by atoms with Gasteiger partial charge in [0.25, 0.3) is 0 Å². The molecule has 0 rings (SSSR count). The summed E-state index contributed by atoms with van der Waals surface area (Å²) in [5.41, 5.74) is 0. The average molecular weight is 354 g/mol. The van der Waals surface area contributed by atoms with Crippen LogP contribution in [0.25, 0.3) is 0 Å². The Kier molecular flexibility index (Phi) is 12.0. The molecule has 8 nitrogen and oxygen atoms in total. The first-order chi connectivity index (χ1) is 10.7. The summed E-state index contributed by atoms with van der Waals surface area (Å²) in [4.78, 5) is 39.8. The Balaban J connectivity index is 4.10. The maximum absolute atomic E-state index is 11.7. The fraction of sp³-hybridized carbons (Fsp3) is 0.857. The van der Waals surface area contributed by atoms with Gasteiger partial charge in [-0.1, -0.05) is 39.0 Å². The van der Waals surface area contributed by atoms with Crippen molar-refractivity contribution in [1.29, 1.82) is 0 Å². The predicted octanol–water partition coefficient (Wildman–Crippen LogP) is 2.32. The Labute approximate surface area is 136 Å². The van der Waals surface area contributed by atoms with Gasteiger partial charge in [0.1, 0.15) is 6.61 Å². The van der Waals surface area contributed by atoms with Gasteiger partial charge in [-0.3, -0.25) is 14.1 Å². The lowest BCUT2D eigenvalue weighted by atomic mass is 10.1. The summed E-state index contributed by atoms with van der Waals surface area (Å²) in [5.74, 6) is -1.09. The molecule has 1 unspecified atom stereocenters. The second kappa shape index (κ2) is 12.5. The van der Waals surface area contributed by atoms with Crippen LogP contribution in [0.4, 0.5) is 0 Å². The maximum Gasteiger partial charge on any atom is 0.469 e. The molecular weight excluding hydrogens is 327 g/mol. The lowest BCUT2D eigenvalue weighted by Crippen LogP contribution is -2.29. The number of phosphoric acid groups is 1. The van der Waals surface area contributed by atoms with Crippen LogP contribution in [0, 0.1) is 0 Å². The van der Waals surface area contributed by atoms with Crippen LogP contribution in [0.5, 0.6) is 0 Å². The minimum atomic E-state index is -4.68. The third kappa shape index (κ3) is 15.7. The largest absolute Gasteiger partial charge is 0.469 e. The Morgan fingerprint density at radius 3 is 2.22 bits per heavy atom. The smallest absolute Gasteiger partial charge is 0.462 e. The summed E-state index contributed by atoms with van der Waals surface area (Å²) in [6.07, 6.45) is 5.28. The van der Waals surface area contributed by atoms with Crippen molar-refractivity contribution in [2.75, 3.05) is 13.2 Å². The number of hydrogen-bond donors (Lipinski definition) is 2. The zero-order valence-electron chi connectivity index (χ0n) is 13.7. The maximum atomic E-state index is 11.7. The molecule has 0 aliphatic carbocycles. The molecule has 0 fully saturated rings. The molecule has 0 aromatic rings. The molecule has 0 aromatic heterocycles. The van der Waals surface area contributed by atoms with Gasteiger partial charge < -0.3 is 19.3 Å². The molecule has 0 aromatic carbocycles. The van der Waals surface area contributed by atoms with Crippen molar-refractivity contribution in [2.45, 2.75) is 64.9 Å². The number of ether oxygens (including phenoxy) is 2. The van der Waals surface area contributed by atoms with E-state index in [1.54, 1.807) is 0 Å². The highest BCUT2D eigenvalue weighted by Crippen LogP contribution is 2.35. The number of esters is 2. The summed E-state index contributed by atoms with van der Waals surface area (Å²) >= 11 is 0. The van der Waals surface area contributed by atoms with Crippen molar-refractivity contribution in [1.82, 2.24) is 0 Å². The molecule has 0 amide bonds. The minimum Gasteiger partial charge on any atom is -0.462 e. The first-order valence-electron chi connectivity index (χ1n) is 7.77. The molecule has 0 heterocycles. The van der Waals surface area contributed by atoms with Crippen molar-refractivity contribution in [3.63, 3.8) is 0 Å². The van der Waals surface area contributed by atoms with Crippen molar-refractivity contribution in [2.24, 2.45) is 0 Å². The van der Waals surface area contributed by atoms with Gasteiger partial charge in [0, 0.05) is 13.3 Å². The van der Waals surface area contributed by atoms with E-state index < -0.39 is 32.5 Å². The molecule has 0 radical (unpaired) electrons. The molecule has 0 bridgehead atoms. The molecule has 23 heavy (non-hydrogen) atoms. The Hall–Kier alpha value is -0.950. The van der Waals surface area contributed by atoms with Crippen LogP contribution in [0.3, 0.4) is 0 Å². The zero-order valence-corrected chi connectivity index (χ0v) is 14.6. The fourth-order valence-corrected chi connectivity index (χ4v) is 2.16. The van der Waals surface area contributed by atoms with E-state index >= 15 is 0 Å². The number of carbonyl (C=O) groups is 2. The van der Waals surface area contributed by atoms with E-state index in [2.05, 4.69) is 11.4 Å². The molecule has 0 spiro atoms. The molecule has 1 atom stereocenters. The summed E-state index contributed by atoms with van der Waals surface area (Å²) < 4.78 is 24.7. The van der Waals surface area contributed by atoms with Crippen LogP contribution < -0.4 is 0 Å². The van der Waals surface area contributed by atoms with E-state index in [4.69, 9.17) is 19.3 Å². The molecule has 2 N–H and O–H groups in total. The van der Waals surface area contributed by atoms with Crippen LogP contribution in [0.15, 0.2) is 0 Å². The quantitative estimate of drug-likeness (QED) is 0.294. The average Bonchev–Trinajstić information content (AvgIpc) is 2.44. The van der Waals surface area contributed by atoms with Gasteiger partial charge in [0.05, 0.1) is 6.61 Å². The van der Waals surface area contributed by atoms with Gasteiger partial charge in [-0.2, -0.15) is 0 Å². The van der Waals surface area contributed by atoms with Crippen molar-refractivity contribution in [3.05, 3.63) is 0 Å². The summed E-state index contributed by atoms with van der Waals surface area (Å²) in [5, 5.41) is 0. The van der Waals surface area contributed by atoms with Crippen LogP contribution in [-0.4, -0.2) is 41.0 Å². The number of phosphoric ester groups is 1. The number of carbonyl (C=O) groups excluding carboxylic acids is 2. The standard InChI is InChI=1S/C14H27O8P/c1-3-4-5-6-7-8-9-14(16)22-13(10-20-12(2)15)11-21-23(17,18)19/h13H,3-11H2,1-2H3,(H2,17,18,19). The molecule has 0 aliphatic heterocycles. The molecule has 0 saturated heterocycles. The van der Waals surface area contributed by atoms with Gasteiger partial charge in [0.2, 0.25) is 0 Å². The lowest BCUT2D eigenvalue weighted by molar-refractivity contribution is -0.160. The van der Waals surface area contributed by atoms with Gasteiger partial charge in [-0.15, -0.1) is 0 Å². The minimum absolute atomic E-state index is 0.207. The van der Waals surface area contributed by atoms with Gasteiger partial charge >= 0.3 is 19.8 Å². The normalized spacial score (nSPS) is 12.7. The van der Waals surface area contributed by atoms with Crippen molar-refractivity contribution >= 4 is 19.8 Å². The topological polar surface area (TPSA) is 119 Å². The first-order valence-corrected chi connectivity index (χ1v) is 9.30. The van der Waals surface area contributed by atoms with E-state index in [1.807, 2.05) is 0 Å².